The predicted molar refractivity (Wildman–Crippen MR) is 66.5 cm³/mol. The van der Waals surface area contributed by atoms with Gasteiger partial charge in [0.15, 0.2) is 0 Å². The average molecular weight is 272 g/mol. The number of carboxylic acid groups (broad SMARTS) is 2. The third-order valence-electron chi connectivity index (χ3n) is 2.60. The Morgan fingerprint density at radius 3 is 2.17 bits per heavy atom. The van der Waals surface area contributed by atoms with E-state index in [9.17, 15) is 9.59 Å². The minimum Gasteiger partial charge on any atom is -0.481 e. The van der Waals surface area contributed by atoms with Crippen molar-refractivity contribution in [3.8, 4) is 0 Å². The number of hydrogen-bond donors (Lipinski definition) is 3. The maximum absolute atomic E-state index is 11.1. The maximum Gasteiger partial charge on any atom is 0.320 e. The molecular weight excluding hydrogens is 258 g/mol. The van der Waals surface area contributed by atoms with Crippen molar-refractivity contribution < 1.29 is 19.8 Å². The van der Waals surface area contributed by atoms with Gasteiger partial charge in [0.25, 0.3) is 0 Å². The van der Waals surface area contributed by atoms with Crippen LogP contribution < -0.4 is 5.73 Å². The molecule has 2 atom stereocenters. The minimum absolute atomic E-state index is 0.104. The molecule has 0 fully saturated rings. The molecule has 0 saturated heterocycles. The lowest BCUT2D eigenvalue weighted by Gasteiger charge is -2.14. The van der Waals surface area contributed by atoms with Crippen molar-refractivity contribution in [3.05, 3.63) is 34.9 Å². The van der Waals surface area contributed by atoms with Crippen molar-refractivity contribution in [2.24, 2.45) is 11.7 Å². The first-order valence-corrected chi connectivity index (χ1v) is 5.73. The van der Waals surface area contributed by atoms with E-state index in [0.717, 1.165) is 5.56 Å². The highest BCUT2D eigenvalue weighted by molar-refractivity contribution is 6.30. The second-order valence-corrected chi connectivity index (χ2v) is 4.48. The topological polar surface area (TPSA) is 101 Å². The lowest BCUT2D eigenvalue weighted by molar-refractivity contribution is -0.143. The summed E-state index contributed by atoms with van der Waals surface area (Å²) >= 11 is 5.72. The van der Waals surface area contributed by atoms with E-state index in [1.807, 2.05) is 0 Å². The van der Waals surface area contributed by atoms with Crippen molar-refractivity contribution in [2.45, 2.75) is 18.9 Å². The van der Waals surface area contributed by atoms with E-state index >= 15 is 0 Å². The van der Waals surface area contributed by atoms with E-state index in [1.165, 1.54) is 0 Å². The second-order valence-electron chi connectivity index (χ2n) is 4.05. The second kappa shape index (κ2) is 6.37. The van der Waals surface area contributed by atoms with Crippen molar-refractivity contribution in [2.75, 3.05) is 0 Å². The number of rotatable bonds is 6. The summed E-state index contributed by atoms with van der Waals surface area (Å²) in [5.41, 5.74) is 6.13. The molecule has 0 radical (unpaired) electrons. The summed E-state index contributed by atoms with van der Waals surface area (Å²) in [5.74, 6) is -3.07. The lowest BCUT2D eigenvalue weighted by Crippen LogP contribution is -2.35. The van der Waals surface area contributed by atoms with E-state index in [2.05, 4.69) is 0 Å². The molecule has 18 heavy (non-hydrogen) atoms. The molecule has 0 aliphatic heterocycles. The Labute approximate surface area is 109 Å². The van der Waals surface area contributed by atoms with Crippen LogP contribution in [0, 0.1) is 5.92 Å². The molecule has 4 N–H and O–H groups in total. The highest BCUT2D eigenvalue weighted by Crippen LogP contribution is 2.17. The summed E-state index contributed by atoms with van der Waals surface area (Å²) in [4.78, 5) is 21.7. The van der Waals surface area contributed by atoms with Crippen LogP contribution in [0.15, 0.2) is 24.3 Å². The van der Waals surface area contributed by atoms with Gasteiger partial charge in [-0.15, -0.1) is 0 Å². The van der Waals surface area contributed by atoms with Crippen LogP contribution in [-0.2, 0) is 16.0 Å². The number of carboxylic acids is 2. The van der Waals surface area contributed by atoms with Crippen LogP contribution in [0.5, 0.6) is 0 Å². The van der Waals surface area contributed by atoms with Gasteiger partial charge in [-0.05, 0) is 30.5 Å². The largest absolute Gasteiger partial charge is 0.481 e. The molecule has 1 unspecified atom stereocenters. The van der Waals surface area contributed by atoms with Gasteiger partial charge in [-0.1, -0.05) is 23.7 Å². The number of hydrogen-bond acceptors (Lipinski definition) is 3. The zero-order chi connectivity index (χ0) is 13.7. The predicted octanol–water partition coefficient (Wildman–Crippen LogP) is 1.39. The summed E-state index contributed by atoms with van der Waals surface area (Å²) < 4.78 is 0. The third kappa shape index (κ3) is 4.35. The van der Waals surface area contributed by atoms with Crippen LogP contribution in [0.3, 0.4) is 0 Å². The molecule has 0 spiro atoms. The summed E-state index contributed by atoms with van der Waals surface area (Å²) in [6.45, 7) is 0. The van der Waals surface area contributed by atoms with Gasteiger partial charge < -0.3 is 15.9 Å². The number of carbonyl (C=O) groups is 2. The fourth-order valence-corrected chi connectivity index (χ4v) is 1.71. The van der Waals surface area contributed by atoms with Gasteiger partial charge in [0.2, 0.25) is 0 Å². The molecule has 0 aromatic heterocycles. The molecule has 98 valence electrons. The third-order valence-corrected chi connectivity index (χ3v) is 2.85. The molecule has 0 aliphatic carbocycles. The molecular formula is C12H14ClNO4. The van der Waals surface area contributed by atoms with Crippen molar-refractivity contribution in [3.63, 3.8) is 0 Å². The van der Waals surface area contributed by atoms with Gasteiger partial charge in [-0.3, -0.25) is 9.59 Å². The SMILES string of the molecule is N[C@@H](CC(Cc1ccc(Cl)cc1)C(=O)O)C(=O)O. The van der Waals surface area contributed by atoms with Crippen LogP contribution in [-0.4, -0.2) is 28.2 Å². The highest BCUT2D eigenvalue weighted by Gasteiger charge is 2.24. The van der Waals surface area contributed by atoms with E-state index < -0.39 is 23.9 Å². The summed E-state index contributed by atoms with van der Waals surface area (Å²) in [6, 6.07) is 5.58. The standard InChI is InChI=1S/C12H14ClNO4/c13-9-3-1-7(2-4-9)5-8(11(15)16)6-10(14)12(17)18/h1-4,8,10H,5-6,14H2,(H,15,16)(H,17,18)/t8?,10-/m0/s1. The number of nitrogens with two attached hydrogens (primary N) is 1. The smallest absolute Gasteiger partial charge is 0.320 e. The number of aliphatic carboxylic acids is 2. The van der Waals surface area contributed by atoms with Crippen LogP contribution >= 0.6 is 11.6 Å². The molecule has 1 aromatic rings. The van der Waals surface area contributed by atoms with Crippen molar-refractivity contribution >= 4 is 23.5 Å². The number of benzene rings is 1. The summed E-state index contributed by atoms with van der Waals surface area (Å²) in [7, 11) is 0. The van der Waals surface area contributed by atoms with E-state index in [4.69, 9.17) is 27.5 Å². The van der Waals surface area contributed by atoms with E-state index in [1.54, 1.807) is 24.3 Å². The Kier molecular flexibility index (Phi) is 5.12. The van der Waals surface area contributed by atoms with Crippen molar-refractivity contribution in [1.29, 1.82) is 0 Å². The Morgan fingerprint density at radius 1 is 1.17 bits per heavy atom. The molecule has 5 nitrogen and oxygen atoms in total. The van der Waals surface area contributed by atoms with Gasteiger partial charge in [-0.25, -0.2) is 0 Å². The molecule has 0 bridgehead atoms. The average Bonchev–Trinajstić information content (AvgIpc) is 2.30. The monoisotopic (exact) mass is 271 g/mol. The number of halogens is 1. The quantitative estimate of drug-likeness (QED) is 0.726. The van der Waals surface area contributed by atoms with Crippen LogP contribution in [0.1, 0.15) is 12.0 Å². The van der Waals surface area contributed by atoms with Gasteiger partial charge >= 0.3 is 11.9 Å². The molecule has 0 amide bonds. The van der Waals surface area contributed by atoms with E-state index in [-0.39, 0.29) is 12.8 Å². The Morgan fingerprint density at radius 2 is 1.72 bits per heavy atom. The first-order valence-electron chi connectivity index (χ1n) is 5.35. The molecule has 1 aromatic carbocycles. The summed E-state index contributed by atoms with van der Waals surface area (Å²) in [5, 5.41) is 18.3. The molecule has 0 heterocycles. The van der Waals surface area contributed by atoms with Crippen molar-refractivity contribution in [1.82, 2.24) is 0 Å². The van der Waals surface area contributed by atoms with Crippen LogP contribution in [0.4, 0.5) is 0 Å². The molecule has 0 aliphatic rings. The first-order chi connectivity index (χ1) is 8.40. The van der Waals surface area contributed by atoms with E-state index in [0.29, 0.717) is 5.02 Å². The van der Waals surface area contributed by atoms with Gasteiger partial charge in [0.05, 0.1) is 5.92 Å². The Balaban J connectivity index is 2.71. The Bertz CT molecular complexity index is 432. The fraction of sp³-hybridized carbons (Fsp3) is 0.333. The maximum atomic E-state index is 11.1. The van der Waals surface area contributed by atoms with Gasteiger partial charge in [0.1, 0.15) is 6.04 Å². The van der Waals surface area contributed by atoms with Crippen LogP contribution in [0.2, 0.25) is 5.02 Å². The Hall–Kier alpha value is -1.59. The molecule has 1 rings (SSSR count). The van der Waals surface area contributed by atoms with Gasteiger partial charge in [0, 0.05) is 5.02 Å². The fourth-order valence-electron chi connectivity index (χ4n) is 1.58. The minimum atomic E-state index is -1.20. The zero-order valence-electron chi connectivity index (χ0n) is 9.54. The van der Waals surface area contributed by atoms with Crippen LogP contribution in [0.25, 0.3) is 0 Å². The summed E-state index contributed by atoms with van der Waals surface area (Å²) in [6.07, 6.45) is 0.126. The zero-order valence-corrected chi connectivity index (χ0v) is 10.3. The van der Waals surface area contributed by atoms with Gasteiger partial charge in [-0.2, -0.15) is 0 Å². The lowest BCUT2D eigenvalue weighted by atomic mass is 9.93. The molecule has 0 saturated carbocycles. The normalized spacial score (nSPS) is 13.9. The molecule has 6 heteroatoms. The first kappa shape index (κ1) is 14.5. The highest BCUT2D eigenvalue weighted by atomic mass is 35.5.